The monoisotopic (exact) mass is 533 g/mol. The van der Waals surface area contributed by atoms with Gasteiger partial charge in [-0.3, -0.25) is 14.5 Å². The number of anilines is 1. The summed E-state index contributed by atoms with van der Waals surface area (Å²) in [6.45, 7) is 4.05. The third kappa shape index (κ3) is 3.80. The minimum Gasteiger partial charge on any atom is -0.318 e. The van der Waals surface area contributed by atoms with Crippen molar-refractivity contribution < 1.29 is 14.4 Å². The molecule has 1 aliphatic heterocycles. The predicted octanol–water partition coefficient (Wildman–Crippen LogP) is 6.57. The fourth-order valence-corrected chi connectivity index (χ4v) is 8.56. The van der Waals surface area contributed by atoms with Gasteiger partial charge in [-0.25, -0.2) is 9.69 Å². The largest absolute Gasteiger partial charge is 0.338 e. The molecule has 0 spiro atoms. The summed E-state index contributed by atoms with van der Waals surface area (Å²) in [5.41, 5.74) is 6.09. The van der Waals surface area contributed by atoms with Gasteiger partial charge in [-0.15, -0.1) is 0 Å². The van der Waals surface area contributed by atoms with E-state index in [1.165, 1.54) is 51.1 Å². The van der Waals surface area contributed by atoms with Gasteiger partial charge in [-0.2, -0.15) is 0 Å². The molecule has 2 heterocycles. The molecule has 1 aromatic heterocycles. The van der Waals surface area contributed by atoms with Crippen molar-refractivity contribution in [2.75, 3.05) is 11.9 Å². The number of imide groups is 2. The molecule has 5 fully saturated rings. The van der Waals surface area contributed by atoms with Gasteiger partial charge in [0, 0.05) is 24.1 Å². The summed E-state index contributed by atoms with van der Waals surface area (Å²) in [5, 5.41) is 0. The lowest BCUT2D eigenvalue weighted by molar-refractivity contribution is -0.128. The van der Waals surface area contributed by atoms with E-state index in [-0.39, 0.29) is 5.57 Å². The summed E-state index contributed by atoms with van der Waals surface area (Å²) < 4.78 is 2.18. The average molecular weight is 534 g/mol. The summed E-state index contributed by atoms with van der Waals surface area (Å²) in [6, 6.07) is 19.2. The second-order valence-corrected chi connectivity index (χ2v) is 12.6. The molecule has 204 valence electrons. The number of carbonyl (C=O) groups is 3. The Bertz CT molecular complexity index is 1530. The number of urea groups is 1. The normalized spacial score (nSPS) is 28.7. The second kappa shape index (κ2) is 9.05. The van der Waals surface area contributed by atoms with Crippen LogP contribution in [0.25, 0.3) is 11.8 Å². The number of aryl methyl sites for hydroxylation is 1. The van der Waals surface area contributed by atoms with Crippen LogP contribution in [0.3, 0.4) is 0 Å². The zero-order chi connectivity index (χ0) is 27.8. The Kier molecular flexibility index (Phi) is 5.67. The highest BCUT2D eigenvalue weighted by atomic mass is 16.2. The summed E-state index contributed by atoms with van der Waals surface area (Å²) in [5.74, 6) is 1.53. The van der Waals surface area contributed by atoms with Gasteiger partial charge in [0.05, 0.1) is 5.69 Å². The van der Waals surface area contributed by atoms with Crippen LogP contribution in [0.15, 0.2) is 66.2 Å². The molecule has 6 nitrogen and oxygen atoms in total. The highest BCUT2D eigenvalue weighted by Gasteiger charge is 2.51. The van der Waals surface area contributed by atoms with Crippen LogP contribution in [0.4, 0.5) is 10.5 Å². The number of aromatic nitrogens is 1. The number of nitrogens with zero attached hydrogens (tertiary/aromatic N) is 3. The molecule has 6 heteroatoms. The molecule has 0 unspecified atom stereocenters. The molecule has 4 bridgehead atoms. The van der Waals surface area contributed by atoms with Crippen LogP contribution in [-0.4, -0.2) is 34.4 Å². The molecular formula is C34H35N3O3. The van der Waals surface area contributed by atoms with Gasteiger partial charge in [0.1, 0.15) is 5.57 Å². The van der Waals surface area contributed by atoms with E-state index in [0.29, 0.717) is 11.1 Å². The van der Waals surface area contributed by atoms with Gasteiger partial charge in [-0.05, 0) is 123 Å². The van der Waals surface area contributed by atoms with Crippen molar-refractivity contribution in [3.05, 3.63) is 88.8 Å². The third-order valence-electron chi connectivity index (χ3n) is 10.0. The molecule has 40 heavy (non-hydrogen) atoms. The van der Waals surface area contributed by atoms with E-state index in [0.717, 1.165) is 50.2 Å². The number of carbonyl (C=O) groups excluding carboxylic acids is 3. The van der Waals surface area contributed by atoms with Crippen LogP contribution in [0.5, 0.6) is 0 Å². The van der Waals surface area contributed by atoms with E-state index < -0.39 is 17.8 Å². The maximum Gasteiger partial charge on any atom is 0.338 e. The van der Waals surface area contributed by atoms with Crippen LogP contribution >= 0.6 is 0 Å². The Morgan fingerprint density at radius 3 is 1.98 bits per heavy atom. The van der Waals surface area contributed by atoms with Crippen molar-refractivity contribution in [3.63, 3.8) is 0 Å². The summed E-state index contributed by atoms with van der Waals surface area (Å²) in [6.07, 6.45) is 9.98. The molecule has 5 aliphatic rings. The number of hydrogen-bond acceptors (Lipinski definition) is 3. The topological polar surface area (TPSA) is 62.6 Å². The Hall–Kier alpha value is -3.93. The zero-order valence-corrected chi connectivity index (χ0v) is 23.4. The van der Waals surface area contributed by atoms with Crippen molar-refractivity contribution in [2.24, 2.45) is 17.8 Å². The fraction of sp³-hybridized carbons (Fsp3) is 0.382. The van der Waals surface area contributed by atoms with Crippen molar-refractivity contribution in [1.29, 1.82) is 0 Å². The van der Waals surface area contributed by atoms with Crippen molar-refractivity contribution in [1.82, 2.24) is 9.47 Å². The van der Waals surface area contributed by atoms with E-state index in [4.69, 9.17) is 0 Å². The third-order valence-corrected chi connectivity index (χ3v) is 10.0. The average Bonchev–Trinajstić information content (AvgIpc) is 3.22. The highest BCUT2D eigenvalue weighted by Crippen LogP contribution is 2.60. The van der Waals surface area contributed by atoms with E-state index in [1.807, 2.05) is 26.0 Å². The summed E-state index contributed by atoms with van der Waals surface area (Å²) >= 11 is 0. The Labute approximate surface area is 235 Å². The van der Waals surface area contributed by atoms with Crippen LogP contribution in [0.2, 0.25) is 0 Å². The van der Waals surface area contributed by atoms with Gasteiger partial charge in [0.15, 0.2) is 0 Å². The lowest BCUT2D eigenvalue weighted by Gasteiger charge is -2.57. The maximum atomic E-state index is 13.5. The van der Waals surface area contributed by atoms with Gasteiger partial charge < -0.3 is 4.57 Å². The molecule has 1 saturated heterocycles. The number of barbiturate groups is 1. The van der Waals surface area contributed by atoms with Crippen LogP contribution in [0, 0.1) is 31.6 Å². The minimum absolute atomic E-state index is 0.0247. The first-order chi connectivity index (χ1) is 19.2. The van der Waals surface area contributed by atoms with Crippen LogP contribution in [-0.2, 0) is 15.0 Å². The number of benzene rings is 2. The first-order valence-electron chi connectivity index (χ1n) is 14.5. The SMILES string of the molecule is Cc1cc(/C=C2\C(=O)N(C)C(=O)N(c3ccccc3)C2=O)c(C)n1-c1ccc(C23CC4CC(CC(C4)C2)C3)cc1. The number of hydrogen-bond donors (Lipinski definition) is 0. The molecule has 4 aliphatic carbocycles. The molecule has 3 aromatic rings. The zero-order valence-electron chi connectivity index (χ0n) is 23.4. The summed E-state index contributed by atoms with van der Waals surface area (Å²) in [4.78, 5) is 41.5. The van der Waals surface area contributed by atoms with Crippen molar-refractivity contribution >= 4 is 29.6 Å². The Balaban J connectivity index is 1.21. The quantitative estimate of drug-likeness (QED) is 0.281. The molecule has 4 amide bonds. The second-order valence-electron chi connectivity index (χ2n) is 12.6. The van der Waals surface area contributed by atoms with Crippen LogP contribution < -0.4 is 4.90 Å². The van der Waals surface area contributed by atoms with Gasteiger partial charge in [0.2, 0.25) is 0 Å². The molecule has 0 radical (unpaired) electrons. The first-order valence-corrected chi connectivity index (χ1v) is 14.5. The number of amides is 4. The fourth-order valence-electron chi connectivity index (χ4n) is 8.56. The van der Waals surface area contributed by atoms with Crippen LogP contribution in [0.1, 0.15) is 61.0 Å². The molecular weight excluding hydrogens is 498 g/mol. The number of para-hydroxylation sites is 1. The van der Waals surface area contributed by atoms with E-state index in [9.17, 15) is 14.4 Å². The van der Waals surface area contributed by atoms with E-state index in [2.05, 4.69) is 28.8 Å². The smallest absolute Gasteiger partial charge is 0.318 e. The maximum absolute atomic E-state index is 13.5. The molecule has 0 atom stereocenters. The Morgan fingerprint density at radius 1 is 0.775 bits per heavy atom. The Morgan fingerprint density at radius 2 is 1.38 bits per heavy atom. The predicted molar refractivity (Wildman–Crippen MR) is 155 cm³/mol. The molecule has 8 rings (SSSR count). The summed E-state index contributed by atoms with van der Waals surface area (Å²) in [7, 11) is 1.41. The van der Waals surface area contributed by atoms with Gasteiger partial charge >= 0.3 is 6.03 Å². The van der Waals surface area contributed by atoms with E-state index >= 15 is 0 Å². The first kappa shape index (κ1) is 25.1. The number of likely N-dealkylation sites (N-methyl/N-ethyl adjacent to an activating group) is 1. The van der Waals surface area contributed by atoms with Gasteiger partial charge in [-0.1, -0.05) is 30.3 Å². The molecule has 4 saturated carbocycles. The van der Waals surface area contributed by atoms with E-state index in [1.54, 1.807) is 30.3 Å². The standard InChI is InChI=1S/C34H35N3O3/c1-21-13-26(17-30-31(38)35(3)33(40)37(32(30)39)28-7-5-4-6-8-28)22(2)36(21)29-11-9-27(10-12-29)34-18-23-14-24(19-34)16-25(15-23)20-34/h4-13,17,23-25H,14-16,18-20H2,1-3H3/b30-17+. The van der Waals surface area contributed by atoms with Gasteiger partial charge in [0.25, 0.3) is 11.8 Å². The van der Waals surface area contributed by atoms with Crippen molar-refractivity contribution in [2.45, 2.75) is 57.8 Å². The highest BCUT2D eigenvalue weighted by molar-refractivity contribution is 6.39. The lowest BCUT2D eigenvalue weighted by atomic mass is 9.48. The number of rotatable bonds is 4. The molecule has 2 aromatic carbocycles. The minimum atomic E-state index is -0.650. The van der Waals surface area contributed by atoms with Crippen molar-refractivity contribution in [3.8, 4) is 5.69 Å². The lowest BCUT2D eigenvalue weighted by Crippen LogP contribution is -2.55. The molecule has 0 N–H and O–H groups in total.